The molecule has 4 heterocycles. The molecule has 1 fully saturated rings. The molecule has 30 heavy (non-hydrogen) atoms. The predicted molar refractivity (Wildman–Crippen MR) is 117 cm³/mol. The SMILES string of the molecule is Nc1ncnc2c1nc(Sc1cc3c(cc1Br)OCO3)n2CCCC1CCOCC1. The molecule has 0 aliphatic carbocycles. The Morgan fingerprint density at radius 1 is 1.17 bits per heavy atom. The zero-order chi connectivity index (χ0) is 20.5. The summed E-state index contributed by atoms with van der Waals surface area (Å²) in [5.41, 5.74) is 7.50. The van der Waals surface area contributed by atoms with Gasteiger partial charge in [-0.3, -0.25) is 0 Å². The molecule has 2 aliphatic rings. The summed E-state index contributed by atoms with van der Waals surface area (Å²) in [6, 6.07) is 3.90. The van der Waals surface area contributed by atoms with Crippen molar-refractivity contribution in [3.05, 3.63) is 22.9 Å². The van der Waals surface area contributed by atoms with E-state index in [0.717, 1.165) is 76.6 Å². The van der Waals surface area contributed by atoms with Gasteiger partial charge in [-0.25, -0.2) is 15.0 Å². The Balaban J connectivity index is 1.42. The summed E-state index contributed by atoms with van der Waals surface area (Å²) >= 11 is 5.19. The second-order valence-electron chi connectivity index (χ2n) is 7.41. The number of hydrogen-bond donors (Lipinski definition) is 1. The number of ether oxygens (including phenoxy) is 3. The molecule has 158 valence electrons. The van der Waals surface area contributed by atoms with E-state index in [9.17, 15) is 0 Å². The van der Waals surface area contributed by atoms with Crippen LogP contribution in [0.25, 0.3) is 11.2 Å². The largest absolute Gasteiger partial charge is 0.454 e. The molecule has 8 nitrogen and oxygen atoms in total. The number of halogens is 1. The third kappa shape index (κ3) is 3.95. The van der Waals surface area contributed by atoms with Crippen LogP contribution in [0, 0.1) is 5.92 Å². The maximum atomic E-state index is 6.09. The van der Waals surface area contributed by atoms with Gasteiger partial charge in [-0.05, 0) is 59.7 Å². The molecular formula is C20H22BrN5O3S. The Bertz CT molecular complexity index is 1070. The van der Waals surface area contributed by atoms with Crippen molar-refractivity contribution in [3.8, 4) is 11.5 Å². The molecule has 3 aromatic rings. The number of benzene rings is 1. The second kappa shape index (κ2) is 8.60. The third-order valence-electron chi connectivity index (χ3n) is 5.49. The number of anilines is 1. The van der Waals surface area contributed by atoms with Gasteiger partial charge in [-0.1, -0.05) is 11.8 Å². The Morgan fingerprint density at radius 2 is 1.97 bits per heavy atom. The second-order valence-corrected chi connectivity index (χ2v) is 9.28. The van der Waals surface area contributed by atoms with Crippen molar-refractivity contribution in [2.24, 2.45) is 5.92 Å². The van der Waals surface area contributed by atoms with Gasteiger partial charge in [0.1, 0.15) is 6.33 Å². The topological polar surface area (TPSA) is 97.3 Å². The molecule has 0 atom stereocenters. The zero-order valence-corrected chi connectivity index (χ0v) is 18.7. The van der Waals surface area contributed by atoms with Crippen molar-refractivity contribution in [3.63, 3.8) is 0 Å². The van der Waals surface area contributed by atoms with Crippen LogP contribution in [0.4, 0.5) is 5.82 Å². The summed E-state index contributed by atoms with van der Waals surface area (Å²) in [5, 5.41) is 0.837. The van der Waals surface area contributed by atoms with E-state index in [-0.39, 0.29) is 6.79 Å². The fraction of sp³-hybridized carbons (Fsp3) is 0.450. The van der Waals surface area contributed by atoms with E-state index in [4.69, 9.17) is 24.9 Å². The average Bonchev–Trinajstić information content (AvgIpc) is 3.34. The molecule has 1 saturated heterocycles. The molecule has 0 unspecified atom stereocenters. The highest BCUT2D eigenvalue weighted by Gasteiger charge is 2.21. The molecular weight excluding hydrogens is 470 g/mol. The highest BCUT2D eigenvalue weighted by atomic mass is 79.9. The van der Waals surface area contributed by atoms with E-state index < -0.39 is 0 Å². The average molecular weight is 492 g/mol. The van der Waals surface area contributed by atoms with Crippen LogP contribution in [0.15, 0.2) is 33.0 Å². The molecule has 5 rings (SSSR count). The number of fused-ring (bicyclic) bond motifs is 2. The van der Waals surface area contributed by atoms with E-state index >= 15 is 0 Å². The van der Waals surface area contributed by atoms with Crippen LogP contribution in [0.3, 0.4) is 0 Å². The van der Waals surface area contributed by atoms with Crippen molar-refractivity contribution in [2.75, 3.05) is 25.7 Å². The Hall–Kier alpha value is -2.04. The lowest BCUT2D eigenvalue weighted by molar-refractivity contribution is 0.0629. The van der Waals surface area contributed by atoms with Crippen LogP contribution in [0.1, 0.15) is 25.7 Å². The monoisotopic (exact) mass is 491 g/mol. The van der Waals surface area contributed by atoms with Gasteiger partial charge >= 0.3 is 0 Å². The van der Waals surface area contributed by atoms with Gasteiger partial charge in [0.05, 0.1) is 0 Å². The van der Waals surface area contributed by atoms with Gasteiger partial charge in [0.2, 0.25) is 6.79 Å². The highest BCUT2D eigenvalue weighted by molar-refractivity contribution is 9.10. The summed E-state index contributed by atoms with van der Waals surface area (Å²) in [7, 11) is 0. The van der Waals surface area contributed by atoms with E-state index in [0.29, 0.717) is 11.3 Å². The Labute approximate surface area is 186 Å². The van der Waals surface area contributed by atoms with Gasteiger partial charge in [0.25, 0.3) is 0 Å². The number of imidazole rings is 1. The maximum Gasteiger partial charge on any atom is 0.231 e. The minimum absolute atomic E-state index is 0.243. The smallest absolute Gasteiger partial charge is 0.231 e. The number of nitrogen functional groups attached to an aromatic ring is 1. The highest BCUT2D eigenvalue weighted by Crippen LogP contribution is 2.43. The number of aromatic nitrogens is 4. The van der Waals surface area contributed by atoms with E-state index in [1.165, 1.54) is 12.7 Å². The first-order chi connectivity index (χ1) is 14.7. The number of rotatable bonds is 6. The summed E-state index contributed by atoms with van der Waals surface area (Å²) in [6.45, 7) is 2.82. The van der Waals surface area contributed by atoms with Crippen LogP contribution in [0.2, 0.25) is 0 Å². The van der Waals surface area contributed by atoms with Gasteiger partial charge in [0, 0.05) is 29.1 Å². The molecule has 2 N–H and O–H groups in total. The van der Waals surface area contributed by atoms with Crippen molar-refractivity contribution < 1.29 is 14.2 Å². The predicted octanol–water partition coefficient (Wildman–Crippen LogP) is 4.26. The van der Waals surface area contributed by atoms with Crippen LogP contribution in [-0.2, 0) is 11.3 Å². The van der Waals surface area contributed by atoms with Crippen molar-refractivity contribution in [1.82, 2.24) is 19.5 Å². The molecule has 0 bridgehead atoms. The quantitative estimate of drug-likeness (QED) is 0.546. The van der Waals surface area contributed by atoms with Crippen LogP contribution in [0.5, 0.6) is 11.5 Å². The van der Waals surface area contributed by atoms with Crippen molar-refractivity contribution >= 4 is 44.7 Å². The lowest BCUT2D eigenvalue weighted by Crippen LogP contribution is -2.16. The number of hydrogen-bond acceptors (Lipinski definition) is 8. The zero-order valence-electron chi connectivity index (χ0n) is 16.3. The van der Waals surface area contributed by atoms with E-state index in [2.05, 4.69) is 30.5 Å². The number of aryl methyl sites for hydroxylation is 1. The fourth-order valence-corrected chi connectivity index (χ4v) is 5.37. The van der Waals surface area contributed by atoms with Crippen LogP contribution >= 0.6 is 27.7 Å². The third-order valence-corrected chi connectivity index (χ3v) is 7.46. The van der Waals surface area contributed by atoms with Gasteiger partial charge < -0.3 is 24.5 Å². The summed E-state index contributed by atoms with van der Waals surface area (Å²) < 4.78 is 19.5. The molecule has 0 amide bonds. The Morgan fingerprint density at radius 3 is 2.80 bits per heavy atom. The first-order valence-corrected chi connectivity index (χ1v) is 11.6. The molecule has 1 aromatic carbocycles. The maximum absolute atomic E-state index is 6.09. The Kier molecular flexibility index (Phi) is 5.70. The molecule has 0 spiro atoms. The minimum Gasteiger partial charge on any atom is -0.454 e. The molecule has 0 radical (unpaired) electrons. The standard InChI is InChI=1S/C20H22BrN5O3S/c21-13-8-14-15(29-11-28-14)9-16(13)30-20-25-17-18(22)23-10-24-19(17)26(20)5-1-2-12-3-6-27-7-4-12/h8-10,12H,1-7,11H2,(H2,22,23,24). The summed E-state index contributed by atoms with van der Waals surface area (Å²) in [5.74, 6) is 2.61. The lowest BCUT2D eigenvalue weighted by Gasteiger charge is -2.22. The summed E-state index contributed by atoms with van der Waals surface area (Å²) in [6.07, 6.45) is 6.01. The van der Waals surface area contributed by atoms with Crippen LogP contribution < -0.4 is 15.2 Å². The van der Waals surface area contributed by atoms with Gasteiger partial charge in [-0.2, -0.15) is 0 Å². The van der Waals surface area contributed by atoms with Crippen LogP contribution in [-0.4, -0.2) is 39.5 Å². The molecule has 2 aromatic heterocycles. The molecule has 2 aliphatic heterocycles. The number of nitrogens with two attached hydrogens (primary N) is 1. The molecule has 10 heteroatoms. The normalized spacial score (nSPS) is 16.4. The van der Waals surface area contributed by atoms with Gasteiger partial charge in [0.15, 0.2) is 33.6 Å². The number of nitrogens with zero attached hydrogens (tertiary/aromatic N) is 4. The lowest BCUT2D eigenvalue weighted by atomic mass is 9.95. The van der Waals surface area contributed by atoms with Crippen molar-refractivity contribution in [2.45, 2.75) is 42.3 Å². The first-order valence-electron chi connectivity index (χ1n) is 10.0. The van der Waals surface area contributed by atoms with Crippen molar-refractivity contribution in [1.29, 1.82) is 0 Å². The molecule has 0 saturated carbocycles. The minimum atomic E-state index is 0.243. The van der Waals surface area contributed by atoms with E-state index in [1.807, 2.05) is 12.1 Å². The van der Waals surface area contributed by atoms with Gasteiger partial charge in [-0.15, -0.1) is 0 Å². The fourth-order valence-electron chi connectivity index (χ4n) is 3.86. The van der Waals surface area contributed by atoms with E-state index in [1.54, 1.807) is 11.8 Å². The summed E-state index contributed by atoms with van der Waals surface area (Å²) in [4.78, 5) is 14.3. The first kappa shape index (κ1) is 19.9.